The number of aromatic nitrogens is 2. The molecule has 3 rings (SSSR count). The summed E-state index contributed by atoms with van der Waals surface area (Å²) in [5, 5.41) is 3.59. The quantitative estimate of drug-likeness (QED) is 0.444. The number of carbonyl (C=O) groups is 2. The zero-order valence-corrected chi connectivity index (χ0v) is 20.8. The second-order valence-corrected chi connectivity index (χ2v) is 9.00. The van der Waals surface area contributed by atoms with Gasteiger partial charge in [0, 0.05) is 22.7 Å². The first kappa shape index (κ1) is 24.8. The van der Waals surface area contributed by atoms with E-state index < -0.39 is 6.04 Å². The number of halogens is 1. The maximum atomic E-state index is 13.5. The summed E-state index contributed by atoms with van der Waals surface area (Å²) in [6, 6.07) is 14.4. The van der Waals surface area contributed by atoms with Gasteiger partial charge >= 0.3 is 0 Å². The Labute approximate surface area is 200 Å². The van der Waals surface area contributed by atoms with Crippen LogP contribution in [-0.4, -0.2) is 38.3 Å². The van der Waals surface area contributed by atoms with Crippen LogP contribution in [0, 0.1) is 0 Å². The highest BCUT2D eigenvalue weighted by molar-refractivity contribution is 6.30. The van der Waals surface area contributed by atoms with E-state index in [1.807, 2.05) is 40.7 Å². The summed E-state index contributed by atoms with van der Waals surface area (Å²) in [6.45, 7) is 10.4. The van der Waals surface area contributed by atoms with Crippen LogP contribution in [0.4, 0.5) is 0 Å². The number of nitrogens with zero attached hydrogens (tertiary/aromatic N) is 3. The first-order valence-electron chi connectivity index (χ1n) is 11.6. The Morgan fingerprint density at radius 1 is 1.00 bits per heavy atom. The van der Waals surface area contributed by atoms with Crippen LogP contribution < -0.4 is 5.32 Å². The Bertz CT molecular complexity index is 1100. The third kappa shape index (κ3) is 5.56. The molecule has 0 aliphatic heterocycles. The van der Waals surface area contributed by atoms with Crippen molar-refractivity contribution in [2.45, 2.75) is 72.1 Å². The molecule has 0 saturated carbocycles. The molecule has 0 bridgehead atoms. The van der Waals surface area contributed by atoms with Gasteiger partial charge in [0.1, 0.15) is 12.4 Å². The summed E-state index contributed by atoms with van der Waals surface area (Å²) in [5.41, 5.74) is 2.19. The van der Waals surface area contributed by atoms with Gasteiger partial charge in [-0.05, 0) is 70.0 Å². The second kappa shape index (κ2) is 10.8. The highest BCUT2D eigenvalue weighted by Gasteiger charge is 2.26. The van der Waals surface area contributed by atoms with Crippen molar-refractivity contribution < 1.29 is 9.59 Å². The van der Waals surface area contributed by atoms with Crippen LogP contribution in [0.2, 0.25) is 5.02 Å². The third-order valence-electron chi connectivity index (χ3n) is 6.24. The summed E-state index contributed by atoms with van der Waals surface area (Å²) in [5.74, 6) is 0.490. The molecule has 6 nitrogen and oxygen atoms in total. The summed E-state index contributed by atoms with van der Waals surface area (Å²) in [6.07, 6.45) is 1.78. The average molecular weight is 469 g/mol. The number of carbonyl (C=O) groups excluding carboxylic acids is 2. The SMILES string of the molecule is CCC(C)N(C(=O)Cn1c(C(C)NC(=O)c2ccc(Cl)cc2)nc2ccccc21)C(C)CC. The van der Waals surface area contributed by atoms with Crippen LogP contribution in [0.5, 0.6) is 0 Å². The van der Waals surface area contributed by atoms with Crippen molar-refractivity contribution >= 4 is 34.4 Å². The number of rotatable bonds is 9. The molecule has 0 radical (unpaired) electrons. The number of hydrogen-bond acceptors (Lipinski definition) is 3. The molecule has 0 aliphatic carbocycles. The van der Waals surface area contributed by atoms with Gasteiger partial charge in [-0.3, -0.25) is 9.59 Å². The lowest BCUT2D eigenvalue weighted by atomic mass is 10.1. The van der Waals surface area contributed by atoms with Crippen molar-refractivity contribution in [2.24, 2.45) is 0 Å². The Hall–Kier alpha value is -2.86. The van der Waals surface area contributed by atoms with Crippen LogP contribution in [0.1, 0.15) is 69.7 Å². The predicted molar refractivity (Wildman–Crippen MR) is 133 cm³/mol. The Kier molecular flexibility index (Phi) is 8.14. The molecular formula is C26H33ClN4O2. The molecule has 2 amide bonds. The van der Waals surface area contributed by atoms with Gasteiger partial charge in [0.25, 0.3) is 5.91 Å². The average Bonchev–Trinajstić information content (AvgIpc) is 3.17. The highest BCUT2D eigenvalue weighted by atomic mass is 35.5. The van der Waals surface area contributed by atoms with E-state index in [9.17, 15) is 9.59 Å². The lowest BCUT2D eigenvalue weighted by Crippen LogP contribution is -2.46. The van der Waals surface area contributed by atoms with Crippen LogP contribution in [0.25, 0.3) is 11.0 Å². The number of nitrogens with one attached hydrogen (secondary N) is 1. The molecule has 7 heteroatoms. The van der Waals surface area contributed by atoms with Crippen LogP contribution >= 0.6 is 11.6 Å². The molecule has 1 aromatic heterocycles. The minimum Gasteiger partial charge on any atom is -0.342 e. The summed E-state index contributed by atoms with van der Waals surface area (Å²) < 4.78 is 1.93. The van der Waals surface area contributed by atoms with E-state index in [2.05, 4.69) is 33.0 Å². The summed E-state index contributed by atoms with van der Waals surface area (Å²) in [4.78, 5) is 33.0. The first-order valence-corrected chi connectivity index (χ1v) is 12.0. The lowest BCUT2D eigenvalue weighted by molar-refractivity contribution is -0.136. The number of fused-ring (bicyclic) bond motifs is 1. The number of imidazole rings is 1. The summed E-state index contributed by atoms with van der Waals surface area (Å²) in [7, 11) is 0. The van der Waals surface area contributed by atoms with Crippen LogP contribution in [0.15, 0.2) is 48.5 Å². The maximum Gasteiger partial charge on any atom is 0.251 e. The largest absolute Gasteiger partial charge is 0.342 e. The molecule has 0 fully saturated rings. The molecule has 2 aromatic carbocycles. The van der Waals surface area contributed by atoms with Gasteiger partial charge in [0.05, 0.1) is 17.1 Å². The highest BCUT2D eigenvalue weighted by Crippen LogP contribution is 2.23. The topological polar surface area (TPSA) is 67.2 Å². The van der Waals surface area contributed by atoms with Crippen molar-refractivity contribution in [3.8, 4) is 0 Å². The van der Waals surface area contributed by atoms with Crippen molar-refractivity contribution in [1.82, 2.24) is 19.8 Å². The lowest BCUT2D eigenvalue weighted by Gasteiger charge is -2.34. The van der Waals surface area contributed by atoms with Crippen molar-refractivity contribution in [2.75, 3.05) is 0 Å². The zero-order valence-electron chi connectivity index (χ0n) is 20.0. The molecule has 3 atom stereocenters. The van der Waals surface area contributed by atoms with Crippen LogP contribution in [-0.2, 0) is 11.3 Å². The fourth-order valence-corrected chi connectivity index (χ4v) is 4.20. The molecule has 0 aliphatic rings. The number of amides is 2. The number of benzene rings is 2. The fourth-order valence-electron chi connectivity index (χ4n) is 4.07. The molecule has 0 saturated heterocycles. The van der Waals surface area contributed by atoms with E-state index in [-0.39, 0.29) is 30.4 Å². The number of hydrogen-bond donors (Lipinski definition) is 1. The normalized spacial score (nSPS) is 14.0. The van der Waals surface area contributed by atoms with Gasteiger partial charge in [-0.1, -0.05) is 37.6 Å². The van der Waals surface area contributed by atoms with Gasteiger partial charge < -0.3 is 14.8 Å². The first-order chi connectivity index (χ1) is 15.8. The van der Waals surface area contributed by atoms with E-state index >= 15 is 0 Å². The molecular weight excluding hydrogens is 436 g/mol. The molecule has 3 unspecified atom stereocenters. The minimum atomic E-state index is -0.394. The molecule has 3 aromatic rings. The second-order valence-electron chi connectivity index (χ2n) is 8.56. The van der Waals surface area contributed by atoms with E-state index in [1.165, 1.54) is 0 Å². The van der Waals surface area contributed by atoms with Crippen LogP contribution in [0.3, 0.4) is 0 Å². The Balaban J connectivity index is 1.92. The monoisotopic (exact) mass is 468 g/mol. The number of para-hydroxylation sites is 2. The van der Waals surface area contributed by atoms with Gasteiger partial charge in [-0.2, -0.15) is 0 Å². The zero-order chi connectivity index (χ0) is 24.1. The Morgan fingerprint density at radius 3 is 2.21 bits per heavy atom. The minimum absolute atomic E-state index is 0.0549. The predicted octanol–water partition coefficient (Wildman–Crippen LogP) is 5.61. The van der Waals surface area contributed by atoms with Crippen molar-refractivity contribution in [3.63, 3.8) is 0 Å². The molecule has 33 heavy (non-hydrogen) atoms. The molecule has 1 heterocycles. The van der Waals surface area contributed by atoms with Gasteiger partial charge in [0.2, 0.25) is 5.91 Å². The van der Waals surface area contributed by atoms with Gasteiger partial charge in [-0.15, -0.1) is 0 Å². The maximum absolute atomic E-state index is 13.5. The van der Waals surface area contributed by atoms with Crippen molar-refractivity contribution in [1.29, 1.82) is 0 Å². The van der Waals surface area contributed by atoms with E-state index in [0.29, 0.717) is 16.4 Å². The molecule has 176 valence electrons. The van der Waals surface area contributed by atoms with E-state index in [0.717, 1.165) is 23.9 Å². The molecule has 1 N–H and O–H groups in total. The smallest absolute Gasteiger partial charge is 0.251 e. The molecule has 0 spiro atoms. The summed E-state index contributed by atoms with van der Waals surface area (Å²) >= 11 is 5.94. The van der Waals surface area contributed by atoms with Gasteiger partial charge in [-0.25, -0.2) is 4.98 Å². The fraction of sp³-hybridized carbons (Fsp3) is 0.423. The van der Waals surface area contributed by atoms with E-state index in [1.54, 1.807) is 24.3 Å². The third-order valence-corrected chi connectivity index (χ3v) is 6.49. The van der Waals surface area contributed by atoms with Crippen molar-refractivity contribution in [3.05, 3.63) is 64.9 Å². The van der Waals surface area contributed by atoms with Gasteiger partial charge in [0.15, 0.2) is 0 Å². The van der Waals surface area contributed by atoms with E-state index in [4.69, 9.17) is 16.6 Å². The standard InChI is InChI=1S/C26H33ClN4O2/c1-6-17(3)31(18(4)7-2)24(32)16-30-23-11-9-8-10-22(23)29-25(30)19(5)28-26(33)20-12-14-21(27)15-13-20/h8-15,17-19H,6-7,16H2,1-5H3,(H,28,33). The Morgan fingerprint density at radius 2 is 1.61 bits per heavy atom.